The van der Waals surface area contributed by atoms with Crippen LogP contribution in [0.25, 0.3) is 24.3 Å². The lowest BCUT2D eigenvalue weighted by molar-refractivity contribution is 1.45. The quantitative estimate of drug-likeness (QED) is 0.226. The molecule has 0 N–H and O–H groups in total. The topological polar surface area (TPSA) is 0 Å². The van der Waals surface area contributed by atoms with Gasteiger partial charge in [0.25, 0.3) is 0 Å². The summed E-state index contributed by atoms with van der Waals surface area (Å²) in [6, 6.07) is 34.7. The molecular weight excluding hydrogens is 480 g/mol. The summed E-state index contributed by atoms with van der Waals surface area (Å²) in [5, 5.41) is 0. The molecule has 4 aromatic carbocycles. The highest BCUT2D eigenvalue weighted by atomic mass is 13.9. The second kappa shape index (κ2) is 24.6. The molecule has 0 aromatic heterocycles. The van der Waals surface area contributed by atoms with E-state index in [-0.39, 0.29) is 7.43 Å². The van der Waals surface area contributed by atoms with Crippen LogP contribution in [0.5, 0.6) is 0 Å². The standard InChI is InChI=1S/3C9H10.C8H8.C4H6.CH3/c1-3-9-6-4-8(2)5-7-9;1-3-9-6-4-5-8(2)7-9;1-3-9-7-5-4-6-8(9)2;1-2-8-6-4-3-5-7-8;1-3-4-2;/h3*3-7H,1H2,2H3;2-7H,1H2;3-4H,1-2H2;1H3. The molecule has 0 fully saturated rings. The Morgan fingerprint density at radius 3 is 1.27 bits per heavy atom. The molecule has 0 heterocycles. The van der Waals surface area contributed by atoms with E-state index in [4.69, 9.17) is 0 Å². The largest absolute Gasteiger partial charge is 0.0991 e. The third-order valence-electron chi connectivity index (χ3n) is 5.20. The predicted octanol–water partition coefficient (Wildman–Crippen LogP) is 12.1. The molecule has 0 aliphatic rings. The van der Waals surface area contributed by atoms with E-state index in [1.54, 1.807) is 12.2 Å². The molecule has 0 atom stereocenters. The Kier molecular flexibility index (Phi) is 23.1. The minimum atomic E-state index is 0. The Hall–Kier alpha value is -4.68. The highest BCUT2D eigenvalue weighted by molar-refractivity contribution is 5.51. The number of aryl methyl sites for hydroxylation is 3. The van der Waals surface area contributed by atoms with Gasteiger partial charge in [-0.2, -0.15) is 0 Å². The third kappa shape index (κ3) is 18.5. The molecule has 0 saturated carbocycles. The van der Waals surface area contributed by atoms with Crippen molar-refractivity contribution in [1.29, 1.82) is 0 Å². The van der Waals surface area contributed by atoms with E-state index in [0.717, 1.165) is 0 Å². The lowest BCUT2D eigenvalue weighted by atomic mass is 10.1. The van der Waals surface area contributed by atoms with E-state index >= 15 is 0 Å². The maximum atomic E-state index is 3.69. The first-order valence-corrected chi connectivity index (χ1v) is 12.8. The molecule has 40 heavy (non-hydrogen) atoms. The number of hydrogen-bond acceptors (Lipinski definition) is 0. The second-order valence-electron chi connectivity index (χ2n) is 8.38. The smallest absolute Gasteiger partial charge is 0.0233 e. The molecule has 0 bridgehead atoms. The number of allylic oxidation sites excluding steroid dienone is 2. The minimum absolute atomic E-state index is 0. The Morgan fingerprint density at radius 2 is 0.900 bits per heavy atom. The summed E-state index contributed by atoms with van der Waals surface area (Å²) in [6.45, 7) is 27.6. The Balaban J connectivity index is 0. The maximum Gasteiger partial charge on any atom is -0.0233 e. The summed E-state index contributed by atoms with van der Waals surface area (Å²) < 4.78 is 0. The van der Waals surface area contributed by atoms with Gasteiger partial charge in [0.05, 0.1) is 0 Å². The van der Waals surface area contributed by atoms with Crippen molar-refractivity contribution in [2.24, 2.45) is 0 Å². The van der Waals surface area contributed by atoms with E-state index < -0.39 is 0 Å². The molecule has 207 valence electrons. The third-order valence-corrected chi connectivity index (χ3v) is 5.20. The molecule has 0 unspecified atom stereocenters. The van der Waals surface area contributed by atoms with Crippen LogP contribution in [0.4, 0.5) is 0 Å². The number of rotatable bonds is 5. The first-order valence-electron chi connectivity index (χ1n) is 12.8. The van der Waals surface area contributed by atoms with E-state index in [2.05, 4.69) is 109 Å². The minimum Gasteiger partial charge on any atom is -0.0991 e. The lowest BCUT2D eigenvalue weighted by Gasteiger charge is -1.95. The van der Waals surface area contributed by atoms with Gasteiger partial charge in [-0.1, -0.05) is 198 Å². The zero-order valence-corrected chi connectivity index (χ0v) is 25.0. The van der Waals surface area contributed by atoms with Crippen LogP contribution in [0.2, 0.25) is 0 Å². The summed E-state index contributed by atoms with van der Waals surface area (Å²) in [5.74, 6) is 0. The summed E-state index contributed by atoms with van der Waals surface area (Å²) >= 11 is 0. The zero-order valence-electron chi connectivity index (χ0n) is 25.0. The van der Waals surface area contributed by atoms with Gasteiger partial charge < -0.3 is 0 Å². The van der Waals surface area contributed by atoms with Crippen molar-refractivity contribution >= 4 is 24.3 Å². The average Bonchev–Trinajstić information content (AvgIpc) is 2.99. The fraction of sp³-hybridized carbons (Fsp3) is 0.0750. The molecular formula is C40H47. The van der Waals surface area contributed by atoms with E-state index in [1.165, 1.54) is 38.9 Å². The highest BCUT2D eigenvalue weighted by Crippen LogP contribution is 2.07. The van der Waals surface area contributed by atoms with E-state index in [0.29, 0.717) is 0 Å². The monoisotopic (exact) mass is 527 g/mol. The zero-order chi connectivity index (χ0) is 29.3. The van der Waals surface area contributed by atoms with Crippen LogP contribution in [0.15, 0.2) is 155 Å². The van der Waals surface area contributed by atoms with Gasteiger partial charge in [-0.25, -0.2) is 0 Å². The maximum absolute atomic E-state index is 3.69. The van der Waals surface area contributed by atoms with Crippen LogP contribution in [0, 0.1) is 28.2 Å². The summed E-state index contributed by atoms with van der Waals surface area (Å²) in [6.07, 6.45) is 10.7. The van der Waals surface area contributed by atoms with Gasteiger partial charge in [0.1, 0.15) is 0 Å². The SMILES string of the molecule is C=CC=C.C=Cc1ccc(C)cc1.C=Cc1cccc(C)c1.C=Cc1ccccc1.C=Cc1ccccc1C.[CH3]. The van der Waals surface area contributed by atoms with Crippen molar-refractivity contribution in [1.82, 2.24) is 0 Å². The van der Waals surface area contributed by atoms with E-state index in [9.17, 15) is 0 Å². The fourth-order valence-electron chi connectivity index (χ4n) is 2.90. The van der Waals surface area contributed by atoms with Crippen molar-refractivity contribution in [3.63, 3.8) is 0 Å². The highest BCUT2D eigenvalue weighted by Gasteiger charge is 1.87. The Labute approximate surface area is 245 Å². The number of benzene rings is 4. The van der Waals surface area contributed by atoms with Gasteiger partial charge >= 0.3 is 0 Å². The van der Waals surface area contributed by atoms with Crippen LogP contribution < -0.4 is 0 Å². The number of hydrogen-bond donors (Lipinski definition) is 0. The summed E-state index contributed by atoms with van der Waals surface area (Å²) in [4.78, 5) is 0. The molecule has 0 spiro atoms. The molecule has 4 rings (SSSR count). The van der Waals surface area contributed by atoms with Gasteiger partial charge in [0, 0.05) is 0 Å². The van der Waals surface area contributed by atoms with Crippen molar-refractivity contribution in [2.75, 3.05) is 0 Å². The molecule has 0 amide bonds. The van der Waals surface area contributed by atoms with Crippen LogP contribution in [0.1, 0.15) is 38.9 Å². The van der Waals surface area contributed by atoms with Gasteiger partial charge in [0.2, 0.25) is 0 Å². The Bertz CT molecular complexity index is 1250. The average molecular weight is 528 g/mol. The van der Waals surface area contributed by atoms with Crippen LogP contribution in [-0.4, -0.2) is 0 Å². The molecule has 0 aliphatic carbocycles. The molecule has 1 radical (unpaired) electrons. The van der Waals surface area contributed by atoms with E-state index in [1.807, 2.05) is 78.9 Å². The second-order valence-corrected chi connectivity index (χ2v) is 8.38. The van der Waals surface area contributed by atoms with Crippen molar-refractivity contribution in [2.45, 2.75) is 20.8 Å². The normalized spacial score (nSPS) is 8.28. The molecule has 4 aromatic rings. The van der Waals surface area contributed by atoms with Crippen molar-refractivity contribution < 1.29 is 0 Å². The van der Waals surface area contributed by atoms with Crippen LogP contribution >= 0.6 is 0 Å². The van der Waals surface area contributed by atoms with Gasteiger partial charge in [0.15, 0.2) is 0 Å². The lowest BCUT2D eigenvalue weighted by Crippen LogP contribution is -1.75. The predicted molar refractivity (Wildman–Crippen MR) is 187 cm³/mol. The first kappa shape index (κ1) is 37.5. The van der Waals surface area contributed by atoms with Crippen molar-refractivity contribution in [3.8, 4) is 0 Å². The molecule has 0 heteroatoms. The molecule has 0 saturated heterocycles. The van der Waals surface area contributed by atoms with Crippen LogP contribution in [-0.2, 0) is 0 Å². The molecule has 0 nitrogen and oxygen atoms in total. The van der Waals surface area contributed by atoms with Gasteiger partial charge in [-0.05, 0) is 48.6 Å². The summed E-state index contributed by atoms with van der Waals surface area (Å²) in [7, 11) is 0. The fourth-order valence-corrected chi connectivity index (χ4v) is 2.90. The van der Waals surface area contributed by atoms with Gasteiger partial charge in [-0.15, -0.1) is 0 Å². The Morgan fingerprint density at radius 1 is 0.425 bits per heavy atom. The van der Waals surface area contributed by atoms with Crippen LogP contribution in [0.3, 0.4) is 0 Å². The van der Waals surface area contributed by atoms with Gasteiger partial charge in [-0.3, -0.25) is 0 Å². The molecule has 0 aliphatic heterocycles. The van der Waals surface area contributed by atoms with Crippen molar-refractivity contribution in [3.05, 3.63) is 201 Å². The first-order chi connectivity index (χ1) is 18.8. The summed E-state index contributed by atoms with van der Waals surface area (Å²) in [5.41, 5.74) is 8.63.